The van der Waals surface area contributed by atoms with E-state index in [9.17, 15) is 8.78 Å². The first-order chi connectivity index (χ1) is 6.50. The maximum Gasteiger partial charge on any atom is 0.200 e. The van der Waals surface area contributed by atoms with E-state index in [-0.39, 0.29) is 11.7 Å². The van der Waals surface area contributed by atoms with Gasteiger partial charge in [0.05, 0.1) is 6.61 Å². The molecule has 78 valence electrons. The summed E-state index contributed by atoms with van der Waals surface area (Å²) in [6.45, 7) is 4.24. The minimum absolute atomic E-state index is 0.0504. The summed E-state index contributed by atoms with van der Waals surface area (Å²) in [4.78, 5) is 0. The van der Waals surface area contributed by atoms with Crippen LogP contribution in [0.1, 0.15) is 13.8 Å². The molecular weight excluding hydrogens is 254 g/mol. The highest BCUT2D eigenvalue weighted by Gasteiger charge is 2.11. The zero-order valence-electron chi connectivity index (χ0n) is 7.98. The molecule has 1 aromatic rings. The Kier molecular flexibility index (Phi) is 3.86. The second-order valence-electron chi connectivity index (χ2n) is 3.40. The van der Waals surface area contributed by atoms with Crippen molar-refractivity contribution < 1.29 is 13.5 Å². The lowest BCUT2D eigenvalue weighted by Gasteiger charge is -2.10. The normalized spacial score (nSPS) is 10.7. The molecule has 0 bridgehead atoms. The number of hydrogen-bond acceptors (Lipinski definition) is 1. The van der Waals surface area contributed by atoms with Crippen LogP contribution >= 0.6 is 15.9 Å². The van der Waals surface area contributed by atoms with Crippen molar-refractivity contribution in [2.45, 2.75) is 13.8 Å². The Morgan fingerprint density at radius 3 is 2.57 bits per heavy atom. The van der Waals surface area contributed by atoms with Crippen molar-refractivity contribution in [3.63, 3.8) is 0 Å². The van der Waals surface area contributed by atoms with Crippen LogP contribution in [0.5, 0.6) is 5.75 Å². The zero-order chi connectivity index (χ0) is 10.7. The Balaban J connectivity index is 2.85. The molecule has 0 saturated heterocycles. The highest BCUT2D eigenvalue weighted by atomic mass is 79.9. The molecule has 1 rings (SSSR count). The summed E-state index contributed by atoms with van der Waals surface area (Å²) in [5.74, 6) is -1.62. The number of halogens is 3. The van der Waals surface area contributed by atoms with Gasteiger partial charge in [0.1, 0.15) is 0 Å². The van der Waals surface area contributed by atoms with E-state index in [0.29, 0.717) is 11.1 Å². The van der Waals surface area contributed by atoms with Gasteiger partial charge >= 0.3 is 0 Å². The fraction of sp³-hybridized carbons (Fsp3) is 0.400. The highest BCUT2D eigenvalue weighted by molar-refractivity contribution is 9.10. The molecule has 0 fully saturated rings. The van der Waals surface area contributed by atoms with Crippen molar-refractivity contribution in [1.82, 2.24) is 0 Å². The molecule has 0 unspecified atom stereocenters. The summed E-state index contributed by atoms with van der Waals surface area (Å²) in [6.07, 6.45) is 0. The maximum atomic E-state index is 13.1. The third-order valence-electron chi connectivity index (χ3n) is 1.53. The molecule has 0 heterocycles. The van der Waals surface area contributed by atoms with Gasteiger partial charge in [-0.25, -0.2) is 4.39 Å². The van der Waals surface area contributed by atoms with Gasteiger partial charge in [0.2, 0.25) is 5.82 Å². The monoisotopic (exact) mass is 264 g/mol. The molecule has 0 amide bonds. The van der Waals surface area contributed by atoms with Crippen LogP contribution in [0.4, 0.5) is 8.78 Å². The molecule has 1 aromatic carbocycles. The molecule has 0 aliphatic rings. The topological polar surface area (TPSA) is 9.23 Å². The summed E-state index contributed by atoms with van der Waals surface area (Å²) in [5.41, 5.74) is 0. The minimum atomic E-state index is -0.936. The lowest BCUT2D eigenvalue weighted by Crippen LogP contribution is -2.06. The average Bonchev–Trinajstić information content (AvgIpc) is 2.08. The fourth-order valence-electron chi connectivity index (χ4n) is 0.894. The Bertz CT molecular complexity index is 326. The number of ether oxygens (including phenoxy) is 1. The molecule has 0 N–H and O–H groups in total. The molecule has 0 saturated carbocycles. The first-order valence-corrected chi connectivity index (χ1v) is 5.07. The molecule has 0 aromatic heterocycles. The van der Waals surface area contributed by atoms with Gasteiger partial charge in [-0.05, 0) is 18.1 Å². The van der Waals surface area contributed by atoms with Crippen molar-refractivity contribution >= 4 is 15.9 Å². The molecule has 4 heteroatoms. The van der Waals surface area contributed by atoms with Gasteiger partial charge < -0.3 is 4.74 Å². The first-order valence-electron chi connectivity index (χ1n) is 4.28. The molecular formula is C10H11BrF2O. The smallest absolute Gasteiger partial charge is 0.200 e. The Morgan fingerprint density at radius 1 is 1.36 bits per heavy atom. The van der Waals surface area contributed by atoms with Crippen molar-refractivity contribution in [2.24, 2.45) is 5.92 Å². The third-order valence-corrected chi connectivity index (χ3v) is 1.99. The molecule has 0 aliphatic carbocycles. The van der Waals surface area contributed by atoms with Gasteiger partial charge in [-0.3, -0.25) is 0 Å². The zero-order valence-corrected chi connectivity index (χ0v) is 9.57. The van der Waals surface area contributed by atoms with Crippen LogP contribution in [-0.2, 0) is 0 Å². The van der Waals surface area contributed by atoms with E-state index in [1.807, 2.05) is 13.8 Å². The van der Waals surface area contributed by atoms with E-state index in [4.69, 9.17) is 4.74 Å². The van der Waals surface area contributed by atoms with Crippen LogP contribution in [0, 0.1) is 17.6 Å². The standard InChI is InChI=1S/C10H11BrF2O/c1-6(2)5-14-9-4-7(11)3-8(12)10(9)13/h3-4,6H,5H2,1-2H3. The van der Waals surface area contributed by atoms with Gasteiger partial charge in [-0.1, -0.05) is 29.8 Å². The molecule has 0 radical (unpaired) electrons. The maximum absolute atomic E-state index is 13.1. The van der Waals surface area contributed by atoms with E-state index in [1.165, 1.54) is 6.07 Å². The van der Waals surface area contributed by atoms with Gasteiger partial charge in [0.25, 0.3) is 0 Å². The quantitative estimate of drug-likeness (QED) is 0.756. The van der Waals surface area contributed by atoms with E-state index in [2.05, 4.69) is 15.9 Å². The van der Waals surface area contributed by atoms with Crippen molar-refractivity contribution in [3.8, 4) is 5.75 Å². The first kappa shape index (κ1) is 11.4. The summed E-state index contributed by atoms with van der Waals surface area (Å²) < 4.78 is 31.6. The highest BCUT2D eigenvalue weighted by Crippen LogP contribution is 2.25. The summed E-state index contributed by atoms with van der Waals surface area (Å²) in [6, 6.07) is 2.48. The van der Waals surface area contributed by atoms with Crippen LogP contribution in [-0.4, -0.2) is 6.61 Å². The molecule has 0 spiro atoms. The second kappa shape index (κ2) is 4.73. The summed E-state index contributed by atoms with van der Waals surface area (Å²) in [7, 11) is 0. The predicted molar refractivity (Wildman–Crippen MR) is 54.4 cm³/mol. The van der Waals surface area contributed by atoms with E-state index >= 15 is 0 Å². The van der Waals surface area contributed by atoms with Crippen molar-refractivity contribution in [2.75, 3.05) is 6.61 Å². The predicted octanol–water partition coefficient (Wildman–Crippen LogP) is 3.76. The lowest BCUT2D eigenvalue weighted by molar-refractivity contribution is 0.255. The summed E-state index contributed by atoms with van der Waals surface area (Å²) >= 11 is 3.07. The van der Waals surface area contributed by atoms with Gasteiger partial charge in [0, 0.05) is 4.47 Å². The second-order valence-corrected chi connectivity index (χ2v) is 4.32. The Hall–Kier alpha value is -0.640. The minimum Gasteiger partial charge on any atom is -0.490 e. The van der Waals surface area contributed by atoms with E-state index < -0.39 is 11.6 Å². The number of rotatable bonds is 3. The van der Waals surface area contributed by atoms with Gasteiger partial charge in [-0.15, -0.1) is 0 Å². The van der Waals surface area contributed by atoms with Crippen molar-refractivity contribution in [3.05, 3.63) is 28.2 Å². The van der Waals surface area contributed by atoms with Crippen LogP contribution < -0.4 is 4.74 Å². The third kappa shape index (κ3) is 2.94. The molecule has 0 aliphatic heterocycles. The fourth-order valence-corrected chi connectivity index (χ4v) is 1.30. The number of benzene rings is 1. The Labute approximate surface area is 90.2 Å². The van der Waals surface area contributed by atoms with Crippen LogP contribution in [0.3, 0.4) is 0 Å². The average molecular weight is 265 g/mol. The SMILES string of the molecule is CC(C)COc1cc(Br)cc(F)c1F. The van der Waals surface area contributed by atoms with Gasteiger partial charge in [-0.2, -0.15) is 4.39 Å². The van der Waals surface area contributed by atoms with Gasteiger partial charge in [0.15, 0.2) is 11.6 Å². The van der Waals surface area contributed by atoms with Crippen LogP contribution in [0.2, 0.25) is 0 Å². The van der Waals surface area contributed by atoms with E-state index in [1.54, 1.807) is 0 Å². The summed E-state index contributed by atoms with van der Waals surface area (Å²) in [5, 5.41) is 0. The van der Waals surface area contributed by atoms with Crippen molar-refractivity contribution in [1.29, 1.82) is 0 Å². The largest absolute Gasteiger partial charge is 0.490 e. The molecule has 14 heavy (non-hydrogen) atoms. The van der Waals surface area contributed by atoms with E-state index in [0.717, 1.165) is 6.07 Å². The number of hydrogen-bond donors (Lipinski definition) is 0. The Morgan fingerprint density at radius 2 is 2.00 bits per heavy atom. The molecule has 1 nitrogen and oxygen atoms in total. The lowest BCUT2D eigenvalue weighted by atomic mass is 10.2. The van der Waals surface area contributed by atoms with Crippen LogP contribution in [0.25, 0.3) is 0 Å². The van der Waals surface area contributed by atoms with Crippen LogP contribution in [0.15, 0.2) is 16.6 Å². The molecule has 0 atom stereocenters.